The van der Waals surface area contributed by atoms with Crippen LogP contribution in [0.2, 0.25) is 0 Å². The number of likely N-dealkylation sites (N-methyl/N-ethyl adjacent to an activating group) is 1. The number of nitrogens with zero attached hydrogens (tertiary/aromatic N) is 3. The normalized spacial score (nSPS) is 20.7. The molecule has 1 fully saturated rings. The SMILES string of the molecule is C=CCN(C)C[C@@H]1O[C@H](c2ccc(CNC(=O)c3cnc4ccccc4n3)cc2)O[C@H](c2ccc(CO)cc2)[C@@H]1C. The Kier molecular flexibility index (Phi) is 9.16. The molecule has 0 aliphatic carbocycles. The zero-order valence-electron chi connectivity index (χ0n) is 23.4. The monoisotopic (exact) mass is 552 g/mol. The van der Waals surface area contributed by atoms with Gasteiger partial charge in [-0.15, -0.1) is 6.58 Å². The molecular weight excluding hydrogens is 516 g/mol. The third-order valence-electron chi connectivity index (χ3n) is 7.44. The Hall–Kier alpha value is -3.95. The Morgan fingerprint density at radius 3 is 2.39 bits per heavy atom. The van der Waals surface area contributed by atoms with Gasteiger partial charge in [-0.1, -0.05) is 73.7 Å². The summed E-state index contributed by atoms with van der Waals surface area (Å²) in [4.78, 5) is 23.6. The number of hydrogen-bond donors (Lipinski definition) is 2. The molecule has 0 bridgehead atoms. The molecule has 4 aromatic rings. The van der Waals surface area contributed by atoms with Crippen molar-refractivity contribution in [3.05, 3.63) is 120 Å². The number of benzene rings is 3. The van der Waals surface area contributed by atoms with Crippen molar-refractivity contribution in [1.29, 1.82) is 0 Å². The summed E-state index contributed by atoms with van der Waals surface area (Å²) in [6.07, 6.45) is 2.59. The third kappa shape index (κ3) is 6.86. The number of hydrogen-bond acceptors (Lipinski definition) is 7. The van der Waals surface area contributed by atoms with E-state index in [2.05, 4.69) is 40.7 Å². The van der Waals surface area contributed by atoms with Crippen LogP contribution in [0.1, 0.15) is 52.1 Å². The van der Waals surface area contributed by atoms with Gasteiger partial charge in [0.15, 0.2) is 6.29 Å². The smallest absolute Gasteiger partial charge is 0.271 e. The molecule has 1 aliphatic rings. The van der Waals surface area contributed by atoms with Crippen molar-refractivity contribution in [3.63, 3.8) is 0 Å². The molecule has 2 heterocycles. The van der Waals surface area contributed by atoms with Gasteiger partial charge in [0, 0.05) is 31.1 Å². The van der Waals surface area contributed by atoms with Crippen molar-refractivity contribution < 1.29 is 19.4 Å². The Morgan fingerprint density at radius 2 is 1.68 bits per heavy atom. The van der Waals surface area contributed by atoms with E-state index >= 15 is 0 Å². The molecule has 212 valence electrons. The maximum Gasteiger partial charge on any atom is 0.271 e. The summed E-state index contributed by atoms with van der Waals surface area (Å²) in [5.41, 5.74) is 5.48. The van der Waals surface area contributed by atoms with E-state index in [1.54, 1.807) is 0 Å². The van der Waals surface area contributed by atoms with Gasteiger partial charge < -0.3 is 24.8 Å². The molecule has 3 aromatic carbocycles. The van der Waals surface area contributed by atoms with Gasteiger partial charge in [0.1, 0.15) is 5.69 Å². The van der Waals surface area contributed by atoms with Crippen LogP contribution in [0.4, 0.5) is 0 Å². The molecule has 8 nitrogen and oxygen atoms in total. The van der Waals surface area contributed by atoms with Gasteiger partial charge in [-0.3, -0.25) is 9.78 Å². The average molecular weight is 553 g/mol. The summed E-state index contributed by atoms with van der Waals surface area (Å²) >= 11 is 0. The van der Waals surface area contributed by atoms with E-state index < -0.39 is 6.29 Å². The fourth-order valence-electron chi connectivity index (χ4n) is 5.06. The third-order valence-corrected chi connectivity index (χ3v) is 7.44. The lowest BCUT2D eigenvalue weighted by Crippen LogP contribution is -2.43. The van der Waals surface area contributed by atoms with Crippen LogP contribution >= 0.6 is 0 Å². The summed E-state index contributed by atoms with van der Waals surface area (Å²) in [5, 5.41) is 12.4. The van der Waals surface area contributed by atoms with Crippen molar-refractivity contribution in [1.82, 2.24) is 20.2 Å². The van der Waals surface area contributed by atoms with E-state index in [9.17, 15) is 9.90 Å². The minimum atomic E-state index is -0.549. The van der Waals surface area contributed by atoms with Crippen LogP contribution in [0.15, 0.2) is 91.6 Å². The molecule has 0 spiro atoms. The van der Waals surface area contributed by atoms with E-state index in [1.807, 2.05) is 78.9 Å². The van der Waals surface area contributed by atoms with Crippen molar-refractivity contribution in [2.45, 2.75) is 38.6 Å². The number of rotatable bonds is 10. The topological polar surface area (TPSA) is 96.8 Å². The zero-order chi connectivity index (χ0) is 28.8. The Bertz CT molecular complexity index is 1480. The van der Waals surface area contributed by atoms with Crippen molar-refractivity contribution >= 4 is 16.9 Å². The standard InChI is InChI=1S/C33H36N4O4/c1-4-17-37(3)20-30-22(2)31(25-13-11-24(21-38)12-14-25)41-33(40-30)26-15-9-23(10-16-26)18-35-32(39)29-19-34-27-7-5-6-8-28(27)36-29/h4-16,19,22,30-31,33,38H,1,17-18,20-21H2,2-3H3,(H,35,39)/t22-,30+,31+,33+/m1/s1. The lowest BCUT2D eigenvalue weighted by molar-refractivity contribution is -0.275. The van der Waals surface area contributed by atoms with Crippen LogP contribution in [0.5, 0.6) is 0 Å². The summed E-state index contributed by atoms with van der Waals surface area (Å²) in [7, 11) is 2.06. The molecule has 5 rings (SSSR count). The molecule has 2 N–H and O–H groups in total. The van der Waals surface area contributed by atoms with Gasteiger partial charge in [-0.2, -0.15) is 0 Å². The van der Waals surface area contributed by atoms with Gasteiger partial charge in [0.05, 0.1) is 36.0 Å². The second kappa shape index (κ2) is 13.1. The van der Waals surface area contributed by atoms with Crippen LogP contribution in [0, 0.1) is 5.92 Å². The maximum absolute atomic E-state index is 12.7. The van der Waals surface area contributed by atoms with Crippen LogP contribution in [-0.4, -0.2) is 52.1 Å². The number of aromatic nitrogens is 2. The quantitative estimate of drug-likeness (QED) is 0.269. The number of carbonyl (C=O) groups is 1. The number of amides is 1. The molecule has 1 saturated heterocycles. The summed E-state index contributed by atoms with van der Waals surface area (Å²) in [6.45, 7) is 7.87. The molecule has 1 aromatic heterocycles. The van der Waals surface area contributed by atoms with E-state index in [-0.39, 0.29) is 36.3 Å². The number of ether oxygens (including phenoxy) is 2. The molecule has 0 radical (unpaired) electrons. The number of carbonyl (C=O) groups excluding carboxylic acids is 1. The van der Waals surface area contributed by atoms with Crippen molar-refractivity contribution in [2.24, 2.45) is 5.92 Å². The van der Waals surface area contributed by atoms with E-state index in [1.165, 1.54) is 6.20 Å². The number of aliphatic hydroxyl groups is 1. The molecule has 4 atom stereocenters. The van der Waals surface area contributed by atoms with E-state index in [0.29, 0.717) is 12.1 Å². The van der Waals surface area contributed by atoms with Gasteiger partial charge >= 0.3 is 0 Å². The highest BCUT2D eigenvalue weighted by Crippen LogP contribution is 2.41. The number of nitrogens with one attached hydrogen (secondary N) is 1. The fraction of sp³-hybridized carbons (Fsp3) is 0.303. The van der Waals surface area contributed by atoms with Crippen molar-refractivity contribution in [2.75, 3.05) is 20.1 Å². The molecule has 0 unspecified atom stereocenters. The fourth-order valence-corrected chi connectivity index (χ4v) is 5.06. The summed E-state index contributed by atoms with van der Waals surface area (Å²) in [6, 6.07) is 23.3. The Morgan fingerprint density at radius 1 is 1.00 bits per heavy atom. The van der Waals surface area contributed by atoms with Crippen LogP contribution in [-0.2, 0) is 22.6 Å². The first-order valence-electron chi connectivity index (χ1n) is 13.8. The second-order valence-electron chi connectivity index (χ2n) is 10.5. The first-order chi connectivity index (χ1) is 19.9. The maximum atomic E-state index is 12.7. The predicted molar refractivity (Wildman–Crippen MR) is 158 cm³/mol. The average Bonchev–Trinajstić information content (AvgIpc) is 3.01. The molecule has 8 heteroatoms. The lowest BCUT2D eigenvalue weighted by atomic mass is 9.90. The molecular formula is C33H36N4O4. The summed E-state index contributed by atoms with van der Waals surface area (Å²) in [5.74, 6) is -0.173. The largest absolute Gasteiger partial charge is 0.392 e. The zero-order valence-corrected chi connectivity index (χ0v) is 23.4. The Labute approximate surface area is 240 Å². The first-order valence-corrected chi connectivity index (χ1v) is 13.8. The molecule has 1 amide bonds. The Balaban J connectivity index is 1.28. The van der Waals surface area contributed by atoms with Gasteiger partial charge in [0.2, 0.25) is 0 Å². The highest BCUT2D eigenvalue weighted by Gasteiger charge is 2.38. The number of fused-ring (bicyclic) bond motifs is 1. The van der Waals surface area contributed by atoms with Crippen LogP contribution in [0.3, 0.4) is 0 Å². The highest BCUT2D eigenvalue weighted by atomic mass is 16.7. The highest BCUT2D eigenvalue weighted by molar-refractivity contribution is 5.93. The van der Waals surface area contributed by atoms with Crippen LogP contribution < -0.4 is 5.32 Å². The number of aliphatic hydroxyl groups excluding tert-OH is 1. The predicted octanol–water partition coefficient (Wildman–Crippen LogP) is 4.96. The van der Waals surface area contributed by atoms with E-state index in [4.69, 9.17) is 9.47 Å². The minimum absolute atomic E-state index is 0.00449. The number of para-hydroxylation sites is 2. The van der Waals surface area contributed by atoms with Crippen molar-refractivity contribution in [3.8, 4) is 0 Å². The summed E-state index contributed by atoms with van der Waals surface area (Å²) < 4.78 is 13.0. The second-order valence-corrected chi connectivity index (χ2v) is 10.5. The first kappa shape index (κ1) is 28.6. The van der Waals surface area contributed by atoms with E-state index in [0.717, 1.165) is 40.9 Å². The van der Waals surface area contributed by atoms with Gasteiger partial charge in [-0.25, -0.2) is 4.98 Å². The van der Waals surface area contributed by atoms with Gasteiger partial charge in [0.25, 0.3) is 5.91 Å². The molecule has 0 saturated carbocycles. The van der Waals surface area contributed by atoms with Crippen LogP contribution in [0.25, 0.3) is 11.0 Å². The molecule has 41 heavy (non-hydrogen) atoms. The lowest BCUT2D eigenvalue weighted by Gasteiger charge is -2.42. The minimum Gasteiger partial charge on any atom is -0.392 e. The van der Waals surface area contributed by atoms with Gasteiger partial charge in [-0.05, 0) is 35.9 Å². The molecule has 1 aliphatic heterocycles.